The van der Waals surface area contributed by atoms with Crippen LogP contribution in [-0.2, 0) is 41.8 Å². The fourth-order valence-electron chi connectivity index (χ4n) is 5.07. The van der Waals surface area contributed by atoms with Gasteiger partial charge in [-0.3, -0.25) is 18.4 Å². The number of ether oxygens (including phenoxy) is 2. The molecule has 0 aromatic heterocycles. The maximum absolute atomic E-state index is 12.8. The fraction of sp³-hybridized carbons (Fsp3) is 0.714. The number of esters is 2. The summed E-state index contributed by atoms with van der Waals surface area (Å²) >= 11 is 0. The highest BCUT2D eigenvalue weighted by atomic mass is 32.1. The average molecular weight is 839 g/mol. The van der Waals surface area contributed by atoms with Crippen molar-refractivity contribution >= 4 is 41.1 Å². The Bertz CT molecular complexity index is 1490. The fourth-order valence-corrected chi connectivity index (χ4v) is 6.61. The first-order chi connectivity index (χ1) is 25.1. The van der Waals surface area contributed by atoms with E-state index in [1.54, 1.807) is 6.92 Å². The number of aliphatic hydroxyl groups is 4. The van der Waals surface area contributed by atoms with E-state index >= 15 is 0 Å². The van der Waals surface area contributed by atoms with E-state index in [4.69, 9.17) is 28.3 Å². The molecule has 0 spiro atoms. The largest absolute Gasteiger partial charge is 0.472 e. The maximum atomic E-state index is 12.8. The van der Waals surface area contributed by atoms with Gasteiger partial charge in [0.2, 0.25) is 0 Å². The van der Waals surface area contributed by atoms with Gasteiger partial charge in [-0.25, -0.2) is 13.9 Å². The van der Waals surface area contributed by atoms with Crippen LogP contribution in [0.25, 0.3) is 0 Å². The maximum Gasteiger partial charge on any atom is 0.472 e. The van der Waals surface area contributed by atoms with Crippen LogP contribution in [0.4, 0.5) is 0 Å². The molecule has 0 aromatic carbocycles. The van der Waals surface area contributed by atoms with E-state index in [9.17, 15) is 44.0 Å². The van der Waals surface area contributed by atoms with Crippen molar-refractivity contribution in [2.75, 3.05) is 13.2 Å². The monoisotopic (exact) mass is 838 g/mol. The molecule has 16 nitrogen and oxygen atoms in total. The highest BCUT2D eigenvalue weighted by molar-refractivity contribution is 7.59. The molecule has 0 heterocycles. The lowest BCUT2D eigenvalue weighted by Crippen LogP contribution is -2.64. The van der Waals surface area contributed by atoms with Crippen molar-refractivity contribution in [2.45, 2.75) is 146 Å². The van der Waals surface area contributed by atoms with Gasteiger partial charge in [-0.1, -0.05) is 89.9 Å². The highest BCUT2D eigenvalue weighted by Crippen LogP contribution is 2.48. The number of phosphoric ester groups is 2. The Morgan fingerprint density at radius 1 is 0.667 bits per heavy atom. The van der Waals surface area contributed by atoms with Gasteiger partial charge < -0.3 is 44.6 Å². The summed E-state index contributed by atoms with van der Waals surface area (Å²) in [5, 5.41) is 41.0. The minimum atomic E-state index is -5.32. The zero-order valence-electron chi connectivity index (χ0n) is 30.6. The second-order valence-corrected chi connectivity index (χ2v) is 14.8. The van der Waals surface area contributed by atoms with Crippen LogP contribution in [0, 0.1) is 47.4 Å². The molecule has 8 atom stereocenters. The van der Waals surface area contributed by atoms with E-state index in [1.807, 2.05) is 0 Å². The van der Waals surface area contributed by atoms with E-state index in [0.717, 1.165) is 25.7 Å². The zero-order valence-corrected chi connectivity index (χ0v) is 33.3. The highest BCUT2D eigenvalue weighted by Gasteiger charge is 2.54. The predicted octanol–water partition coefficient (Wildman–Crippen LogP) is 4.23. The van der Waals surface area contributed by atoms with Crippen molar-refractivity contribution in [3.63, 3.8) is 0 Å². The van der Waals surface area contributed by atoms with Gasteiger partial charge in [-0.2, -0.15) is 13.5 Å². The molecule has 320 valence electrons. The minimum absolute atomic E-state index is 0. The number of unbranched alkanes of at least 4 members (excludes halogenated alkanes) is 12. The first-order valence-electron chi connectivity index (χ1n) is 17.5. The second-order valence-electron chi connectivity index (χ2n) is 12.2. The molecule has 1 aliphatic rings. The summed E-state index contributed by atoms with van der Waals surface area (Å²) < 4.78 is 48.1. The Morgan fingerprint density at radius 2 is 1.11 bits per heavy atom. The van der Waals surface area contributed by atoms with Gasteiger partial charge in [0.15, 0.2) is 6.10 Å². The van der Waals surface area contributed by atoms with Crippen LogP contribution in [-0.4, -0.2) is 103 Å². The topological polar surface area (TPSA) is 256 Å². The van der Waals surface area contributed by atoms with Crippen molar-refractivity contribution in [1.82, 2.24) is 0 Å². The van der Waals surface area contributed by atoms with Crippen LogP contribution in [0.5, 0.6) is 0 Å². The van der Waals surface area contributed by atoms with Gasteiger partial charge in [-0.15, -0.1) is 0 Å². The van der Waals surface area contributed by atoms with Crippen LogP contribution in [0.2, 0.25) is 0 Å². The Kier molecular flexibility index (Phi) is 27.6. The molecule has 1 fully saturated rings. The van der Waals surface area contributed by atoms with E-state index < -0.39 is 83.5 Å². The van der Waals surface area contributed by atoms with Crippen LogP contribution in [0.15, 0.2) is 0 Å². The van der Waals surface area contributed by atoms with Crippen molar-refractivity contribution < 1.29 is 86.9 Å². The molecule has 0 bridgehead atoms. The van der Waals surface area contributed by atoms with Crippen LogP contribution < -0.4 is 0 Å². The summed E-state index contributed by atoms with van der Waals surface area (Å²) in [6, 6.07) is 0. The lowest BCUT2D eigenvalue weighted by Gasteiger charge is -2.43. The van der Waals surface area contributed by atoms with Gasteiger partial charge in [0.1, 0.15) is 43.2 Å². The van der Waals surface area contributed by atoms with Gasteiger partial charge in [-0.05, 0) is 48.9 Å². The number of rotatable bonds is 24. The van der Waals surface area contributed by atoms with Gasteiger partial charge in [0, 0.05) is 22.3 Å². The number of carbonyl (C=O) groups is 2. The van der Waals surface area contributed by atoms with Crippen molar-refractivity contribution in [3.8, 4) is 47.4 Å². The third-order valence-corrected chi connectivity index (χ3v) is 9.27. The van der Waals surface area contributed by atoms with Crippen LogP contribution in [0.3, 0.4) is 0 Å². The smallest absolute Gasteiger partial charge is 0.456 e. The summed E-state index contributed by atoms with van der Waals surface area (Å²) in [4.78, 5) is 53.0. The van der Waals surface area contributed by atoms with Gasteiger partial charge in [0.05, 0.1) is 6.61 Å². The summed E-state index contributed by atoms with van der Waals surface area (Å²) in [7, 11) is -10.6. The molecule has 54 heavy (non-hydrogen) atoms. The first kappa shape index (κ1) is 51.6. The summed E-state index contributed by atoms with van der Waals surface area (Å²) in [5.41, 5.74) is 0. The molecule has 0 amide bonds. The molecule has 1 aliphatic carbocycles. The molecule has 0 aromatic rings. The Hall–Kier alpha value is -2.41. The summed E-state index contributed by atoms with van der Waals surface area (Å²) in [6.45, 7) is 2.18. The normalized spacial score (nSPS) is 22.1. The minimum Gasteiger partial charge on any atom is -0.456 e. The molecule has 1 rings (SSSR count). The molecule has 19 heteroatoms. The van der Waals surface area contributed by atoms with E-state index in [-0.39, 0.29) is 29.9 Å². The molecular weight excluding hydrogens is 770 g/mol. The quantitative estimate of drug-likeness (QED) is 0.0236. The predicted molar refractivity (Wildman–Crippen MR) is 215 cm³/mol. The summed E-state index contributed by atoms with van der Waals surface area (Å²) in [6.07, 6.45) is -0.814. The molecule has 0 aliphatic heterocycles. The molecule has 5 unspecified atom stereocenters. The van der Waals surface area contributed by atoms with Crippen LogP contribution in [0.1, 0.15) is 114 Å². The van der Waals surface area contributed by atoms with Crippen LogP contribution >= 0.6 is 29.1 Å². The number of carbonyl (C=O) groups excluding carboxylic acids is 2. The van der Waals surface area contributed by atoms with Gasteiger partial charge >= 0.3 is 27.6 Å². The van der Waals surface area contributed by atoms with Crippen molar-refractivity contribution in [3.05, 3.63) is 0 Å². The number of aliphatic hydroxyl groups excluding tert-OH is 4. The van der Waals surface area contributed by atoms with E-state index in [0.29, 0.717) is 6.42 Å². The molecule has 1 saturated carbocycles. The number of hydrogen-bond donors (Lipinski definition) is 7. The Balaban J connectivity index is -0.000000585. The third-order valence-electron chi connectivity index (χ3n) is 7.77. The lowest BCUT2D eigenvalue weighted by molar-refractivity contribution is -0.216. The average Bonchev–Trinajstić information content (AvgIpc) is 3.10. The first-order valence-corrected chi connectivity index (χ1v) is 20.5. The standard InChI is InChI=1S/C35H52O16P2.H2S.7H2/c1-3-5-7-9-11-12-13-14-15-16-18-20-22-24-29(37)49-27(25-47-28(36)23-21-19-17-10-8-6-4-2)26-48-53(45,46)51-35-32(40)30(38)34(31(39)33(35)41)50-52(42,43)44;;;;;;;;/h27,30-35,38-41H,3,5,7,9,11-16,18,20,22,24-26H2,1-2H3,(H,45,46)(H2,42,43,44);1H2;7*1H/t27-,30-,31+,32?,33?,34?,35?;;;;;;;;/m1......../s1. The van der Waals surface area contributed by atoms with E-state index in [1.165, 1.54) is 51.4 Å². The van der Waals surface area contributed by atoms with Crippen molar-refractivity contribution in [2.24, 2.45) is 0 Å². The Morgan fingerprint density at radius 3 is 1.59 bits per heavy atom. The zero-order chi connectivity index (χ0) is 39.7. The lowest BCUT2D eigenvalue weighted by atomic mass is 9.85. The molecule has 0 radical (unpaired) electrons. The molecular formula is C35H68O16P2S. The second kappa shape index (κ2) is 28.9. The van der Waals surface area contributed by atoms with E-state index in [2.05, 4.69) is 58.8 Å². The summed E-state index contributed by atoms with van der Waals surface area (Å²) in [5.74, 6) is 16.9. The van der Waals surface area contributed by atoms with Crippen molar-refractivity contribution in [1.29, 1.82) is 0 Å². The number of hydrogen-bond acceptors (Lipinski definition) is 13. The number of phosphoric acid groups is 2. The third kappa shape index (κ3) is 23.5. The SMILES string of the molecule is CC#CC#CC#CC#CC(=O)OC[C@H](COP(=O)(O)OC1C(O)[C@@H](O)C(OP(=O)(O)O)[C@@H](O)C1O)OC(=O)CCCCCCCCCCCCCCC.S.[HH].[HH].[HH].[HH].[HH].[HH].[HH]. The molecule has 0 saturated heterocycles. The van der Waals surface area contributed by atoms with Gasteiger partial charge in [0.25, 0.3) is 0 Å². The molecule has 7 N–H and O–H groups in total. The Labute approximate surface area is 334 Å².